The summed E-state index contributed by atoms with van der Waals surface area (Å²) in [6, 6.07) is 4.40. The van der Waals surface area contributed by atoms with Crippen LogP contribution in [-0.4, -0.2) is 31.8 Å². The largest absolute Gasteiger partial charge is 0.496 e. The summed E-state index contributed by atoms with van der Waals surface area (Å²) in [5.74, 6) is -0.861. The fourth-order valence-electron chi connectivity index (χ4n) is 1.93. The van der Waals surface area contributed by atoms with Crippen LogP contribution in [0.15, 0.2) is 18.2 Å². The Morgan fingerprint density at radius 3 is 2.84 bits per heavy atom. The van der Waals surface area contributed by atoms with Crippen molar-refractivity contribution >= 4 is 5.91 Å². The number of alkyl halides is 3. The maximum Gasteiger partial charge on any atom is 0.471 e. The Bertz CT molecular complexity index is 473. The molecule has 0 saturated heterocycles. The van der Waals surface area contributed by atoms with Gasteiger partial charge in [0, 0.05) is 12.0 Å². The van der Waals surface area contributed by atoms with Crippen molar-refractivity contribution in [2.75, 3.05) is 13.7 Å². The third kappa shape index (κ3) is 2.91. The highest BCUT2D eigenvalue weighted by Crippen LogP contribution is 2.32. The van der Waals surface area contributed by atoms with E-state index in [1.165, 1.54) is 7.11 Å². The molecule has 1 aliphatic rings. The molecule has 1 amide bonds. The molecule has 19 heavy (non-hydrogen) atoms. The number of methoxy groups -OCH3 is 1. The summed E-state index contributed by atoms with van der Waals surface area (Å²) in [7, 11) is 1.47. The van der Waals surface area contributed by atoms with Crippen molar-refractivity contribution in [1.29, 1.82) is 0 Å². The van der Waals surface area contributed by atoms with Crippen molar-refractivity contribution in [3.05, 3.63) is 23.8 Å². The number of benzene rings is 1. The Kier molecular flexibility index (Phi) is 3.55. The third-order valence-electron chi connectivity index (χ3n) is 2.79. The topological polar surface area (TPSA) is 47.6 Å². The van der Waals surface area contributed by atoms with Crippen LogP contribution in [0.4, 0.5) is 13.2 Å². The SMILES string of the molecule is COc1cccc2c1C[C@@H](NC(=O)C(F)(F)F)CO2. The molecule has 0 saturated carbocycles. The Balaban J connectivity index is 2.12. The van der Waals surface area contributed by atoms with Gasteiger partial charge >= 0.3 is 12.1 Å². The van der Waals surface area contributed by atoms with Gasteiger partial charge in [0.05, 0.1) is 13.2 Å². The standard InChI is InChI=1S/C12H12F3NO3/c1-18-9-3-2-4-10-8(9)5-7(6-19-10)16-11(17)12(13,14)15/h2-4,7H,5-6H2,1H3,(H,16,17)/t7-/m1/s1. The van der Waals surface area contributed by atoms with E-state index in [4.69, 9.17) is 9.47 Å². The quantitative estimate of drug-likeness (QED) is 0.893. The Labute approximate surface area is 107 Å². The second kappa shape index (κ2) is 4.99. The van der Waals surface area contributed by atoms with Crippen molar-refractivity contribution in [2.24, 2.45) is 0 Å². The molecule has 4 nitrogen and oxygen atoms in total. The van der Waals surface area contributed by atoms with Crippen molar-refractivity contribution in [3.63, 3.8) is 0 Å². The average molecular weight is 275 g/mol. The van der Waals surface area contributed by atoms with E-state index in [0.717, 1.165) is 0 Å². The number of fused-ring (bicyclic) bond motifs is 1. The van der Waals surface area contributed by atoms with Crippen LogP contribution in [-0.2, 0) is 11.2 Å². The molecule has 0 bridgehead atoms. The van der Waals surface area contributed by atoms with Crippen LogP contribution in [0, 0.1) is 0 Å². The van der Waals surface area contributed by atoms with Crippen molar-refractivity contribution < 1.29 is 27.4 Å². The van der Waals surface area contributed by atoms with Gasteiger partial charge in [-0.2, -0.15) is 13.2 Å². The number of nitrogens with one attached hydrogen (secondary N) is 1. The molecule has 1 heterocycles. The third-order valence-corrected chi connectivity index (χ3v) is 2.79. The molecule has 1 aliphatic heterocycles. The van der Waals surface area contributed by atoms with E-state index in [1.807, 2.05) is 5.32 Å². The summed E-state index contributed by atoms with van der Waals surface area (Å²) in [4.78, 5) is 10.9. The van der Waals surface area contributed by atoms with E-state index in [0.29, 0.717) is 17.1 Å². The molecular weight excluding hydrogens is 263 g/mol. The minimum atomic E-state index is -4.89. The number of hydrogen-bond acceptors (Lipinski definition) is 3. The smallest absolute Gasteiger partial charge is 0.471 e. The lowest BCUT2D eigenvalue weighted by molar-refractivity contribution is -0.174. The molecular formula is C12H12F3NO3. The zero-order valence-electron chi connectivity index (χ0n) is 10.1. The first-order chi connectivity index (χ1) is 8.91. The maximum absolute atomic E-state index is 12.2. The molecule has 0 aliphatic carbocycles. The maximum atomic E-state index is 12.2. The zero-order valence-corrected chi connectivity index (χ0v) is 10.1. The Morgan fingerprint density at radius 1 is 1.47 bits per heavy atom. The van der Waals surface area contributed by atoms with Crippen molar-refractivity contribution in [3.8, 4) is 11.5 Å². The molecule has 2 rings (SSSR count). The number of hydrogen-bond donors (Lipinski definition) is 1. The molecule has 1 aromatic rings. The van der Waals surface area contributed by atoms with E-state index < -0.39 is 18.1 Å². The average Bonchev–Trinajstić information content (AvgIpc) is 2.36. The highest BCUT2D eigenvalue weighted by molar-refractivity contribution is 5.82. The molecule has 0 fully saturated rings. The monoisotopic (exact) mass is 275 g/mol. The lowest BCUT2D eigenvalue weighted by Gasteiger charge is -2.27. The van der Waals surface area contributed by atoms with Gasteiger partial charge in [-0.15, -0.1) is 0 Å². The van der Waals surface area contributed by atoms with Crippen LogP contribution in [0.1, 0.15) is 5.56 Å². The molecule has 1 aromatic carbocycles. The second-order valence-corrected chi connectivity index (χ2v) is 4.12. The predicted molar refractivity (Wildman–Crippen MR) is 60.2 cm³/mol. The summed E-state index contributed by atoms with van der Waals surface area (Å²) >= 11 is 0. The van der Waals surface area contributed by atoms with Gasteiger partial charge in [0.2, 0.25) is 0 Å². The minimum absolute atomic E-state index is 0.00197. The summed E-state index contributed by atoms with van der Waals surface area (Å²) in [5, 5.41) is 1.91. The molecule has 0 unspecified atom stereocenters. The summed E-state index contributed by atoms with van der Waals surface area (Å²) < 4.78 is 47.0. The predicted octanol–water partition coefficient (Wildman–Crippen LogP) is 1.68. The van der Waals surface area contributed by atoms with Crippen LogP contribution >= 0.6 is 0 Å². The Hall–Kier alpha value is -1.92. The number of rotatable bonds is 2. The molecule has 0 spiro atoms. The Morgan fingerprint density at radius 2 is 2.21 bits per heavy atom. The van der Waals surface area contributed by atoms with Gasteiger partial charge in [0.15, 0.2) is 0 Å². The number of halogens is 3. The van der Waals surface area contributed by atoms with Gasteiger partial charge in [-0.25, -0.2) is 0 Å². The van der Waals surface area contributed by atoms with E-state index in [-0.39, 0.29) is 13.0 Å². The molecule has 1 atom stereocenters. The van der Waals surface area contributed by atoms with Gasteiger partial charge < -0.3 is 14.8 Å². The van der Waals surface area contributed by atoms with Gasteiger partial charge in [-0.1, -0.05) is 6.07 Å². The first-order valence-electron chi connectivity index (χ1n) is 5.58. The van der Waals surface area contributed by atoms with Crippen LogP contribution in [0.2, 0.25) is 0 Å². The molecule has 0 radical (unpaired) electrons. The van der Waals surface area contributed by atoms with Crippen molar-refractivity contribution in [2.45, 2.75) is 18.6 Å². The fraction of sp³-hybridized carbons (Fsp3) is 0.417. The summed E-state index contributed by atoms with van der Waals surface area (Å²) in [6.07, 6.45) is -4.65. The molecule has 7 heteroatoms. The van der Waals surface area contributed by atoms with E-state index >= 15 is 0 Å². The second-order valence-electron chi connectivity index (χ2n) is 4.12. The van der Waals surface area contributed by atoms with Crippen LogP contribution in [0.3, 0.4) is 0 Å². The first kappa shape index (κ1) is 13.5. The van der Waals surface area contributed by atoms with Crippen LogP contribution in [0.5, 0.6) is 11.5 Å². The lowest BCUT2D eigenvalue weighted by Crippen LogP contribution is -2.48. The van der Waals surface area contributed by atoms with Gasteiger partial charge in [-0.05, 0) is 12.1 Å². The van der Waals surface area contributed by atoms with E-state index in [2.05, 4.69) is 0 Å². The first-order valence-corrected chi connectivity index (χ1v) is 5.58. The number of carbonyl (C=O) groups is 1. The lowest BCUT2D eigenvalue weighted by atomic mass is 10.0. The highest BCUT2D eigenvalue weighted by Gasteiger charge is 2.40. The van der Waals surface area contributed by atoms with Gasteiger partial charge in [0.1, 0.15) is 18.1 Å². The number of ether oxygens (including phenoxy) is 2. The highest BCUT2D eigenvalue weighted by atomic mass is 19.4. The number of amides is 1. The minimum Gasteiger partial charge on any atom is -0.496 e. The fourth-order valence-corrected chi connectivity index (χ4v) is 1.93. The summed E-state index contributed by atoms with van der Waals surface area (Å²) in [6.45, 7) is 0.00197. The van der Waals surface area contributed by atoms with Crippen LogP contribution in [0.25, 0.3) is 0 Å². The zero-order chi connectivity index (χ0) is 14.0. The molecule has 1 N–H and O–H groups in total. The van der Waals surface area contributed by atoms with Gasteiger partial charge in [0.25, 0.3) is 0 Å². The normalized spacial score (nSPS) is 18.2. The van der Waals surface area contributed by atoms with E-state index in [1.54, 1.807) is 18.2 Å². The van der Waals surface area contributed by atoms with E-state index in [9.17, 15) is 18.0 Å². The van der Waals surface area contributed by atoms with Crippen LogP contribution < -0.4 is 14.8 Å². The number of carbonyl (C=O) groups excluding carboxylic acids is 1. The summed E-state index contributed by atoms with van der Waals surface area (Å²) in [5.41, 5.74) is 0.656. The molecule has 104 valence electrons. The van der Waals surface area contributed by atoms with Crippen molar-refractivity contribution in [1.82, 2.24) is 5.32 Å². The van der Waals surface area contributed by atoms with Gasteiger partial charge in [-0.3, -0.25) is 4.79 Å². The molecule has 0 aromatic heterocycles.